The lowest BCUT2D eigenvalue weighted by atomic mass is 9.57. The molecule has 11 heteroatoms. The van der Waals surface area contributed by atoms with Crippen molar-refractivity contribution in [1.29, 1.82) is 0 Å². The molecule has 0 bridgehead atoms. The van der Waals surface area contributed by atoms with Gasteiger partial charge in [0.15, 0.2) is 0 Å². The summed E-state index contributed by atoms with van der Waals surface area (Å²) in [6, 6.07) is 1.37. The van der Waals surface area contributed by atoms with Crippen LogP contribution < -0.4 is 10.9 Å². The summed E-state index contributed by atoms with van der Waals surface area (Å²) in [6.07, 6.45) is -0.965. The highest BCUT2D eigenvalue weighted by Crippen LogP contribution is 2.52. The van der Waals surface area contributed by atoms with Crippen molar-refractivity contribution >= 4 is 11.9 Å². The molecule has 3 aliphatic heterocycles. The minimum absolute atomic E-state index is 0.0312. The first-order valence-electron chi connectivity index (χ1n) is 10.8. The van der Waals surface area contributed by atoms with E-state index in [0.717, 1.165) is 18.9 Å². The van der Waals surface area contributed by atoms with E-state index >= 15 is 0 Å². The molecular weight excluding hydrogens is 429 g/mol. The molecule has 1 saturated carbocycles. The Morgan fingerprint density at radius 2 is 1.97 bits per heavy atom. The number of hydrogen-bond donors (Lipinski definition) is 1. The number of pyridine rings is 1. The summed E-state index contributed by atoms with van der Waals surface area (Å²) in [7, 11) is 0. The van der Waals surface area contributed by atoms with Crippen molar-refractivity contribution in [2.75, 3.05) is 32.8 Å². The van der Waals surface area contributed by atoms with E-state index in [1.807, 2.05) is 4.90 Å². The van der Waals surface area contributed by atoms with Crippen LogP contribution in [-0.4, -0.2) is 71.2 Å². The van der Waals surface area contributed by atoms with Gasteiger partial charge < -0.3 is 24.4 Å². The summed E-state index contributed by atoms with van der Waals surface area (Å²) < 4.78 is 45.0. The normalized spacial score (nSPS) is 27.4. The van der Waals surface area contributed by atoms with Gasteiger partial charge in [0.25, 0.3) is 5.56 Å². The van der Waals surface area contributed by atoms with E-state index < -0.39 is 17.3 Å². The van der Waals surface area contributed by atoms with Crippen LogP contribution in [0.5, 0.6) is 0 Å². The third-order valence-electron chi connectivity index (χ3n) is 7.14. The average molecular weight is 454 g/mol. The zero-order valence-corrected chi connectivity index (χ0v) is 17.4. The highest BCUT2D eigenvalue weighted by molar-refractivity contribution is 5.79. The number of aromatic nitrogens is 1. The molecule has 174 valence electrons. The standard InChI is InChI=1S/C21H25F3N4O4/c22-21(23,24)14-1-3-26(18(30)5-14)8-13-6-20(7-13)11-28(12-20)19(31)27-4-2-16-15(9-27)25-17(29)10-32-16/h1,3,5,13,15-16H,2,4,6-12H2,(H,25,29)/t15-,16+/m0/s1. The molecule has 1 N–H and O–H groups in total. The van der Waals surface area contributed by atoms with Crippen molar-refractivity contribution in [3.8, 4) is 0 Å². The van der Waals surface area contributed by atoms with E-state index in [1.54, 1.807) is 4.90 Å². The van der Waals surface area contributed by atoms with Crippen LogP contribution in [0.3, 0.4) is 0 Å². The van der Waals surface area contributed by atoms with Crippen LogP contribution in [0.25, 0.3) is 0 Å². The molecule has 1 aromatic rings. The number of nitrogens with one attached hydrogen (secondary N) is 1. The van der Waals surface area contributed by atoms with Crippen molar-refractivity contribution < 1.29 is 27.5 Å². The molecule has 4 fully saturated rings. The summed E-state index contributed by atoms with van der Waals surface area (Å²) >= 11 is 0. The molecule has 4 aliphatic rings. The highest BCUT2D eigenvalue weighted by Gasteiger charge is 2.54. The van der Waals surface area contributed by atoms with E-state index in [-0.39, 0.29) is 42.0 Å². The topological polar surface area (TPSA) is 83.9 Å². The van der Waals surface area contributed by atoms with E-state index in [9.17, 15) is 27.6 Å². The van der Waals surface area contributed by atoms with Gasteiger partial charge in [-0.25, -0.2) is 4.79 Å². The minimum Gasteiger partial charge on any atom is -0.366 e. The Bertz CT molecular complexity index is 980. The number of alkyl halides is 3. The van der Waals surface area contributed by atoms with Gasteiger partial charge in [-0.1, -0.05) is 0 Å². The first-order valence-corrected chi connectivity index (χ1v) is 10.8. The van der Waals surface area contributed by atoms with Gasteiger partial charge in [0.05, 0.1) is 17.7 Å². The lowest BCUT2D eigenvalue weighted by molar-refractivity contribution is -0.140. The number of morpholine rings is 1. The fourth-order valence-electron chi connectivity index (χ4n) is 5.64. The maximum absolute atomic E-state index is 12.9. The Hall–Kier alpha value is -2.56. The van der Waals surface area contributed by atoms with Gasteiger partial charge in [-0.3, -0.25) is 9.59 Å². The number of halogens is 3. The summed E-state index contributed by atoms with van der Waals surface area (Å²) in [5.74, 6) is 0.0585. The molecule has 0 unspecified atom stereocenters. The third-order valence-corrected chi connectivity index (χ3v) is 7.14. The number of amides is 3. The molecule has 0 radical (unpaired) electrons. The van der Waals surface area contributed by atoms with E-state index in [2.05, 4.69) is 5.32 Å². The zero-order chi connectivity index (χ0) is 22.7. The fourth-order valence-corrected chi connectivity index (χ4v) is 5.64. The second-order valence-corrected chi connectivity index (χ2v) is 9.57. The predicted octanol–water partition coefficient (Wildman–Crippen LogP) is 1.29. The fraction of sp³-hybridized carbons (Fsp3) is 0.667. The van der Waals surface area contributed by atoms with Crippen LogP contribution in [0.2, 0.25) is 0 Å². The van der Waals surface area contributed by atoms with Crippen molar-refractivity contribution in [3.05, 3.63) is 34.2 Å². The minimum atomic E-state index is -4.52. The van der Waals surface area contributed by atoms with Crippen LogP contribution in [0.15, 0.2) is 23.1 Å². The average Bonchev–Trinajstić information content (AvgIpc) is 2.68. The number of carbonyl (C=O) groups is 2. The van der Waals surface area contributed by atoms with Crippen molar-refractivity contribution in [1.82, 2.24) is 19.7 Å². The predicted molar refractivity (Wildman–Crippen MR) is 106 cm³/mol. The molecule has 1 spiro atoms. The first kappa shape index (κ1) is 21.3. The van der Waals surface area contributed by atoms with E-state index in [0.29, 0.717) is 45.2 Å². The highest BCUT2D eigenvalue weighted by atomic mass is 19.4. The lowest BCUT2D eigenvalue weighted by Crippen LogP contribution is -2.68. The van der Waals surface area contributed by atoms with Gasteiger partial charge in [-0.15, -0.1) is 0 Å². The van der Waals surface area contributed by atoms with Gasteiger partial charge in [0, 0.05) is 50.4 Å². The second-order valence-electron chi connectivity index (χ2n) is 9.57. The summed E-state index contributed by atoms with van der Waals surface area (Å²) in [5, 5.41) is 2.90. The zero-order valence-electron chi connectivity index (χ0n) is 17.4. The Balaban J connectivity index is 1.10. The number of rotatable bonds is 2. The molecule has 1 aliphatic carbocycles. The summed E-state index contributed by atoms with van der Waals surface area (Å²) in [5.41, 5.74) is -1.52. The Labute approximate surface area is 182 Å². The molecule has 4 heterocycles. The number of fused-ring (bicyclic) bond motifs is 1. The maximum Gasteiger partial charge on any atom is 0.416 e. The van der Waals surface area contributed by atoms with Crippen LogP contribution in [0.1, 0.15) is 24.8 Å². The van der Waals surface area contributed by atoms with Gasteiger partial charge >= 0.3 is 12.2 Å². The number of ether oxygens (including phenoxy) is 1. The summed E-state index contributed by atoms with van der Waals surface area (Å²) in [6.45, 7) is 2.80. The van der Waals surface area contributed by atoms with Crippen molar-refractivity contribution in [2.24, 2.45) is 11.3 Å². The molecular formula is C21H25F3N4O4. The van der Waals surface area contributed by atoms with Gasteiger partial charge in [0.1, 0.15) is 6.61 Å². The number of piperidine rings is 1. The quantitative estimate of drug-likeness (QED) is 0.730. The molecule has 32 heavy (non-hydrogen) atoms. The van der Waals surface area contributed by atoms with Crippen LogP contribution in [0, 0.1) is 11.3 Å². The Morgan fingerprint density at radius 3 is 2.66 bits per heavy atom. The summed E-state index contributed by atoms with van der Waals surface area (Å²) in [4.78, 5) is 40.0. The number of likely N-dealkylation sites (tertiary alicyclic amines) is 2. The maximum atomic E-state index is 12.9. The molecule has 3 amide bonds. The van der Waals surface area contributed by atoms with E-state index in [1.165, 1.54) is 10.8 Å². The van der Waals surface area contributed by atoms with Gasteiger partial charge in [-0.2, -0.15) is 13.2 Å². The molecule has 0 aromatic carbocycles. The Kier molecular flexibility index (Phi) is 4.99. The monoisotopic (exact) mass is 454 g/mol. The first-order chi connectivity index (χ1) is 15.1. The largest absolute Gasteiger partial charge is 0.416 e. The van der Waals surface area contributed by atoms with Gasteiger partial charge in [0.2, 0.25) is 5.91 Å². The second kappa shape index (κ2) is 7.50. The molecule has 8 nitrogen and oxygen atoms in total. The number of urea groups is 1. The third kappa shape index (κ3) is 3.87. The molecule has 3 saturated heterocycles. The van der Waals surface area contributed by atoms with Crippen molar-refractivity contribution in [2.45, 2.75) is 44.1 Å². The molecule has 2 atom stereocenters. The van der Waals surface area contributed by atoms with Crippen LogP contribution in [-0.2, 0) is 22.3 Å². The SMILES string of the molecule is O=C1CO[C@@H]2CCN(C(=O)N3CC4(CC(Cn5ccc(C(F)(F)F)cc5=O)C4)C3)C[C@@H]2N1. The van der Waals surface area contributed by atoms with Gasteiger partial charge in [-0.05, 0) is 31.2 Å². The van der Waals surface area contributed by atoms with Crippen LogP contribution >= 0.6 is 0 Å². The number of nitrogens with zero attached hydrogens (tertiary/aromatic N) is 3. The smallest absolute Gasteiger partial charge is 0.366 e. The van der Waals surface area contributed by atoms with Crippen molar-refractivity contribution in [3.63, 3.8) is 0 Å². The molecule has 5 rings (SSSR count). The van der Waals surface area contributed by atoms with Crippen LogP contribution in [0.4, 0.5) is 18.0 Å². The number of hydrogen-bond acceptors (Lipinski definition) is 4. The molecule has 1 aromatic heterocycles. The number of carbonyl (C=O) groups excluding carboxylic acids is 2. The lowest BCUT2D eigenvalue weighted by Gasteiger charge is -2.60. The Morgan fingerprint density at radius 1 is 1.22 bits per heavy atom. The van der Waals surface area contributed by atoms with E-state index in [4.69, 9.17) is 4.74 Å².